The fourth-order valence-corrected chi connectivity index (χ4v) is 4.13. The Morgan fingerprint density at radius 3 is 2.62 bits per heavy atom. The fraction of sp³-hybridized carbons (Fsp3) is 0.269. The number of hydrogen-bond donors (Lipinski definition) is 2. The van der Waals surface area contributed by atoms with Crippen molar-refractivity contribution >= 4 is 14.2 Å². The summed E-state index contributed by atoms with van der Waals surface area (Å²) >= 11 is 0. The van der Waals surface area contributed by atoms with Gasteiger partial charge in [0.15, 0.2) is 6.73 Å². The maximum Gasteiger partial charge on any atom is 0.412 e. The van der Waals surface area contributed by atoms with Crippen molar-refractivity contribution in [1.82, 2.24) is 30.5 Å². The smallest absolute Gasteiger partial charge is 0.412 e. The standard InChI is InChI=1S/C26H30N6O4Si/c1-37(2,3)12-11-35-18-32-30-25(29-31-32)21-13-20(16-27-17-21)23-14-22(9-10-24(23)33)36-26(34)28-15-19-7-5-4-6-8-19/h4-10,13-14,16-17,33H,11-12,15,18H2,1-3H3,(H,28,34). The van der Waals surface area contributed by atoms with E-state index in [4.69, 9.17) is 9.47 Å². The molecule has 10 nitrogen and oxygen atoms in total. The fourth-order valence-electron chi connectivity index (χ4n) is 3.37. The van der Waals surface area contributed by atoms with E-state index < -0.39 is 14.2 Å². The SMILES string of the molecule is C[Si](C)(C)CCOCn1nnc(-c2cncc(-c3cc(OC(=O)NCc4ccccc4)ccc3O)c2)n1. The molecule has 192 valence electrons. The molecule has 11 heteroatoms. The van der Waals surface area contributed by atoms with Crippen molar-refractivity contribution in [3.05, 3.63) is 72.6 Å². The number of phenols is 1. The molecule has 1 amide bonds. The van der Waals surface area contributed by atoms with Crippen molar-refractivity contribution in [3.63, 3.8) is 0 Å². The summed E-state index contributed by atoms with van der Waals surface area (Å²) in [5, 5.41) is 25.7. The lowest BCUT2D eigenvalue weighted by Crippen LogP contribution is -2.26. The number of amides is 1. The van der Waals surface area contributed by atoms with Gasteiger partial charge in [0, 0.05) is 50.3 Å². The van der Waals surface area contributed by atoms with Crippen LogP contribution in [0.15, 0.2) is 67.0 Å². The molecule has 2 aromatic heterocycles. The quantitative estimate of drug-likeness (QED) is 0.228. The number of aromatic nitrogens is 5. The highest BCUT2D eigenvalue weighted by atomic mass is 28.3. The molecule has 0 spiro atoms. The Labute approximate surface area is 216 Å². The van der Waals surface area contributed by atoms with Gasteiger partial charge in [0.25, 0.3) is 0 Å². The van der Waals surface area contributed by atoms with E-state index in [0.717, 1.165) is 11.6 Å². The molecule has 2 aromatic carbocycles. The average Bonchev–Trinajstić information content (AvgIpc) is 3.36. The van der Waals surface area contributed by atoms with Gasteiger partial charge in [0.05, 0.1) is 0 Å². The monoisotopic (exact) mass is 518 g/mol. The summed E-state index contributed by atoms with van der Waals surface area (Å²) in [6, 6.07) is 16.9. The molecule has 2 heterocycles. The summed E-state index contributed by atoms with van der Waals surface area (Å²) in [7, 11) is -1.17. The van der Waals surface area contributed by atoms with Crippen LogP contribution in [0.4, 0.5) is 4.79 Å². The number of phenolic OH excluding ortho intramolecular Hbond substituents is 1. The molecule has 0 saturated heterocycles. The van der Waals surface area contributed by atoms with Crippen LogP contribution in [0.1, 0.15) is 5.56 Å². The topological polar surface area (TPSA) is 124 Å². The van der Waals surface area contributed by atoms with Crippen LogP contribution in [0.3, 0.4) is 0 Å². The van der Waals surface area contributed by atoms with Gasteiger partial charge in [-0.25, -0.2) is 4.79 Å². The van der Waals surface area contributed by atoms with Gasteiger partial charge in [-0.1, -0.05) is 50.0 Å². The van der Waals surface area contributed by atoms with Gasteiger partial charge >= 0.3 is 6.09 Å². The van der Waals surface area contributed by atoms with E-state index in [2.05, 4.69) is 45.4 Å². The second-order valence-corrected chi connectivity index (χ2v) is 15.3. The van der Waals surface area contributed by atoms with E-state index in [1.807, 2.05) is 30.3 Å². The molecule has 0 aliphatic carbocycles. The summed E-state index contributed by atoms with van der Waals surface area (Å²) in [6.45, 7) is 8.10. The highest BCUT2D eigenvalue weighted by molar-refractivity contribution is 6.76. The third-order valence-electron chi connectivity index (χ3n) is 5.42. The molecular formula is C26H30N6O4Si. The van der Waals surface area contributed by atoms with Gasteiger partial charge in [0.1, 0.15) is 11.5 Å². The first-order valence-electron chi connectivity index (χ1n) is 11.9. The summed E-state index contributed by atoms with van der Waals surface area (Å²) in [5.41, 5.74) is 2.63. The van der Waals surface area contributed by atoms with Gasteiger partial charge in [-0.15, -0.1) is 15.0 Å². The molecule has 0 radical (unpaired) electrons. The molecule has 0 saturated carbocycles. The molecule has 0 unspecified atom stereocenters. The average molecular weight is 519 g/mol. The second-order valence-electron chi connectivity index (χ2n) is 9.70. The number of ether oxygens (including phenoxy) is 2. The zero-order valence-corrected chi connectivity index (χ0v) is 22.1. The number of nitrogens with one attached hydrogen (secondary N) is 1. The number of hydrogen-bond acceptors (Lipinski definition) is 8. The molecule has 4 rings (SSSR count). The van der Waals surface area contributed by atoms with Crippen molar-refractivity contribution in [1.29, 1.82) is 0 Å². The van der Waals surface area contributed by atoms with Gasteiger partial charge < -0.3 is 19.9 Å². The Hall–Kier alpha value is -4.09. The zero-order chi connectivity index (χ0) is 26.3. The first-order chi connectivity index (χ1) is 17.8. The van der Waals surface area contributed by atoms with E-state index in [9.17, 15) is 9.90 Å². The van der Waals surface area contributed by atoms with Gasteiger partial charge in [-0.05, 0) is 41.1 Å². The van der Waals surface area contributed by atoms with Crippen molar-refractivity contribution in [3.8, 4) is 34.0 Å². The van der Waals surface area contributed by atoms with Crippen molar-refractivity contribution in [2.24, 2.45) is 0 Å². The summed E-state index contributed by atoms with van der Waals surface area (Å²) in [6.07, 6.45) is 2.62. The Morgan fingerprint density at radius 1 is 1.05 bits per heavy atom. The third-order valence-corrected chi connectivity index (χ3v) is 7.13. The van der Waals surface area contributed by atoms with E-state index in [0.29, 0.717) is 35.7 Å². The largest absolute Gasteiger partial charge is 0.507 e. The Morgan fingerprint density at radius 2 is 1.84 bits per heavy atom. The van der Waals surface area contributed by atoms with Gasteiger partial charge in [-0.3, -0.25) is 4.98 Å². The minimum absolute atomic E-state index is 0.0170. The van der Waals surface area contributed by atoms with E-state index >= 15 is 0 Å². The normalized spacial score (nSPS) is 11.3. The lowest BCUT2D eigenvalue weighted by Gasteiger charge is -2.14. The highest BCUT2D eigenvalue weighted by Gasteiger charge is 2.14. The zero-order valence-electron chi connectivity index (χ0n) is 21.1. The first kappa shape index (κ1) is 26.0. The number of rotatable bonds is 10. The van der Waals surface area contributed by atoms with Crippen molar-refractivity contribution in [2.75, 3.05) is 6.61 Å². The molecule has 0 aliphatic rings. The van der Waals surface area contributed by atoms with Gasteiger partial charge in [0.2, 0.25) is 5.82 Å². The first-order valence-corrected chi connectivity index (χ1v) is 15.6. The highest BCUT2D eigenvalue weighted by Crippen LogP contribution is 2.33. The lowest BCUT2D eigenvalue weighted by molar-refractivity contribution is 0.0674. The molecule has 37 heavy (non-hydrogen) atoms. The van der Waals surface area contributed by atoms with E-state index in [1.165, 1.54) is 16.9 Å². The van der Waals surface area contributed by atoms with E-state index in [-0.39, 0.29) is 18.2 Å². The maximum absolute atomic E-state index is 12.3. The number of aromatic hydroxyl groups is 1. The van der Waals surface area contributed by atoms with Crippen LogP contribution in [-0.2, 0) is 18.0 Å². The minimum Gasteiger partial charge on any atom is -0.507 e. The van der Waals surface area contributed by atoms with Crippen LogP contribution in [0, 0.1) is 0 Å². The Balaban J connectivity index is 1.42. The van der Waals surface area contributed by atoms with Crippen LogP contribution in [-0.4, -0.2) is 51.1 Å². The van der Waals surface area contributed by atoms with Crippen LogP contribution in [0.5, 0.6) is 11.5 Å². The Kier molecular flexibility index (Phi) is 8.26. The molecule has 0 fully saturated rings. The molecule has 0 bridgehead atoms. The van der Waals surface area contributed by atoms with Crippen LogP contribution in [0.2, 0.25) is 25.7 Å². The van der Waals surface area contributed by atoms with Crippen LogP contribution < -0.4 is 10.1 Å². The Bertz CT molecular complexity index is 1340. The molecular weight excluding hydrogens is 488 g/mol. The summed E-state index contributed by atoms with van der Waals surface area (Å²) < 4.78 is 11.1. The number of tetrazole rings is 1. The van der Waals surface area contributed by atoms with Gasteiger partial charge in [-0.2, -0.15) is 0 Å². The molecule has 4 aromatic rings. The van der Waals surface area contributed by atoms with Crippen LogP contribution in [0.25, 0.3) is 22.5 Å². The second kappa shape index (κ2) is 11.8. The third kappa shape index (κ3) is 7.69. The van der Waals surface area contributed by atoms with Crippen molar-refractivity contribution in [2.45, 2.75) is 39.0 Å². The number of nitrogens with zero attached hydrogens (tertiary/aromatic N) is 5. The number of carbonyl (C=O) groups excluding carboxylic acids is 1. The van der Waals surface area contributed by atoms with Crippen LogP contribution >= 0.6 is 0 Å². The molecule has 0 aliphatic heterocycles. The predicted octanol–water partition coefficient (Wildman–Crippen LogP) is 4.71. The minimum atomic E-state index is -1.17. The maximum atomic E-state index is 12.3. The summed E-state index contributed by atoms with van der Waals surface area (Å²) in [5.74, 6) is 0.682. The number of benzene rings is 2. The molecule has 0 atom stereocenters. The summed E-state index contributed by atoms with van der Waals surface area (Å²) in [4.78, 5) is 17.9. The van der Waals surface area contributed by atoms with E-state index in [1.54, 1.807) is 24.5 Å². The molecule has 2 N–H and O–H groups in total. The number of carbonyl (C=O) groups is 1. The number of pyridine rings is 1. The predicted molar refractivity (Wildman–Crippen MR) is 142 cm³/mol. The van der Waals surface area contributed by atoms with Crippen molar-refractivity contribution < 1.29 is 19.4 Å². The lowest BCUT2D eigenvalue weighted by atomic mass is 10.0.